The topological polar surface area (TPSA) is 72.6 Å². The number of ether oxygens (including phenoxy) is 1. The lowest BCUT2D eigenvalue weighted by Crippen LogP contribution is -2.33. The third-order valence-electron chi connectivity index (χ3n) is 5.61. The van der Waals surface area contributed by atoms with Crippen molar-refractivity contribution in [2.75, 3.05) is 24.6 Å². The molecule has 0 unspecified atom stereocenters. The van der Waals surface area contributed by atoms with Gasteiger partial charge in [0.15, 0.2) is 0 Å². The van der Waals surface area contributed by atoms with Crippen molar-refractivity contribution in [2.45, 2.75) is 43.5 Å². The van der Waals surface area contributed by atoms with Crippen LogP contribution in [0.4, 0.5) is 5.88 Å². The maximum absolute atomic E-state index is 13.6. The van der Waals surface area contributed by atoms with Gasteiger partial charge in [0.05, 0.1) is 11.5 Å². The first kappa shape index (κ1) is 21.4. The third-order valence-corrected chi connectivity index (χ3v) is 7.28. The van der Waals surface area contributed by atoms with Crippen LogP contribution in [0.1, 0.15) is 32.3 Å². The summed E-state index contributed by atoms with van der Waals surface area (Å²) in [5.74, 6) is 1.90. The van der Waals surface area contributed by atoms with Gasteiger partial charge in [0.25, 0.3) is 0 Å². The maximum atomic E-state index is 13.6. The minimum Gasteiger partial charge on any atom is -0.494 e. The van der Waals surface area contributed by atoms with Crippen LogP contribution >= 0.6 is 0 Å². The Morgan fingerprint density at radius 2 is 1.84 bits per heavy atom. The second-order valence-corrected chi connectivity index (χ2v) is 9.94. The van der Waals surface area contributed by atoms with E-state index in [2.05, 4.69) is 11.9 Å². The van der Waals surface area contributed by atoms with E-state index in [-0.39, 0.29) is 9.92 Å². The first-order chi connectivity index (χ1) is 14.9. The molecule has 2 aromatic carbocycles. The number of oxazole rings is 1. The van der Waals surface area contributed by atoms with Crippen molar-refractivity contribution < 1.29 is 17.6 Å². The summed E-state index contributed by atoms with van der Waals surface area (Å²) in [4.78, 5) is 6.68. The van der Waals surface area contributed by atoms with Crippen molar-refractivity contribution in [3.8, 4) is 17.2 Å². The molecule has 0 saturated carbocycles. The van der Waals surface area contributed by atoms with Gasteiger partial charge in [0.2, 0.25) is 26.6 Å². The summed E-state index contributed by atoms with van der Waals surface area (Å²) in [6, 6.07) is 14.2. The molecule has 1 aliphatic heterocycles. The van der Waals surface area contributed by atoms with Crippen LogP contribution in [0.5, 0.6) is 5.75 Å². The zero-order chi connectivity index (χ0) is 22.0. The van der Waals surface area contributed by atoms with E-state index in [4.69, 9.17) is 9.15 Å². The Labute approximate surface area is 183 Å². The van der Waals surface area contributed by atoms with E-state index in [1.54, 1.807) is 24.3 Å². The molecule has 7 heteroatoms. The number of sulfone groups is 1. The van der Waals surface area contributed by atoms with Gasteiger partial charge < -0.3 is 14.1 Å². The summed E-state index contributed by atoms with van der Waals surface area (Å²) < 4.78 is 38.7. The number of benzene rings is 2. The Balaban J connectivity index is 1.79. The van der Waals surface area contributed by atoms with E-state index >= 15 is 0 Å². The van der Waals surface area contributed by atoms with Crippen molar-refractivity contribution in [1.29, 1.82) is 0 Å². The molecule has 3 aromatic rings. The lowest BCUT2D eigenvalue weighted by Gasteiger charge is -2.30. The number of aryl methyl sites for hydroxylation is 1. The van der Waals surface area contributed by atoms with Crippen LogP contribution in [0.15, 0.2) is 62.9 Å². The second kappa shape index (κ2) is 8.75. The van der Waals surface area contributed by atoms with Gasteiger partial charge >= 0.3 is 0 Å². The summed E-state index contributed by atoms with van der Waals surface area (Å²) in [7, 11) is -3.86. The van der Waals surface area contributed by atoms with Crippen LogP contribution in [-0.2, 0) is 9.84 Å². The third kappa shape index (κ3) is 4.46. The van der Waals surface area contributed by atoms with Gasteiger partial charge in [-0.15, -0.1) is 0 Å². The average molecular weight is 441 g/mol. The normalized spacial score (nSPS) is 15.3. The summed E-state index contributed by atoms with van der Waals surface area (Å²) in [6.45, 7) is 8.10. The Bertz CT molecular complexity index is 1140. The second-order valence-electron chi connectivity index (χ2n) is 8.08. The fraction of sp³-hybridized carbons (Fsp3) is 0.375. The maximum Gasteiger partial charge on any atom is 0.236 e. The molecule has 1 saturated heterocycles. The minimum absolute atomic E-state index is 0.0253. The molecule has 1 aromatic heterocycles. The molecule has 0 bridgehead atoms. The predicted molar refractivity (Wildman–Crippen MR) is 120 cm³/mol. The van der Waals surface area contributed by atoms with Gasteiger partial charge in [-0.25, -0.2) is 8.42 Å². The van der Waals surface area contributed by atoms with Crippen molar-refractivity contribution in [3.63, 3.8) is 0 Å². The molecule has 164 valence electrons. The molecule has 2 heterocycles. The number of anilines is 1. The van der Waals surface area contributed by atoms with Gasteiger partial charge in [0.1, 0.15) is 5.75 Å². The summed E-state index contributed by atoms with van der Waals surface area (Å²) in [5, 5.41) is -0.0253. The quantitative estimate of drug-likeness (QED) is 0.530. The first-order valence-electron chi connectivity index (χ1n) is 10.7. The Morgan fingerprint density at radius 3 is 2.48 bits per heavy atom. The van der Waals surface area contributed by atoms with Crippen molar-refractivity contribution in [3.05, 3.63) is 54.1 Å². The van der Waals surface area contributed by atoms with Crippen LogP contribution in [0.2, 0.25) is 0 Å². The summed E-state index contributed by atoms with van der Waals surface area (Å²) >= 11 is 0. The summed E-state index contributed by atoms with van der Waals surface area (Å²) in [6.07, 6.45) is 1.98. The van der Waals surface area contributed by atoms with Crippen molar-refractivity contribution in [1.82, 2.24) is 4.98 Å². The van der Waals surface area contributed by atoms with Crippen molar-refractivity contribution in [2.24, 2.45) is 5.92 Å². The van der Waals surface area contributed by atoms with Gasteiger partial charge in [-0.05, 0) is 69.0 Å². The van der Waals surface area contributed by atoms with E-state index in [9.17, 15) is 8.42 Å². The minimum atomic E-state index is -3.86. The molecule has 4 rings (SSSR count). The van der Waals surface area contributed by atoms with E-state index < -0.39 is 9.84 Å². The van der Waals surface area contributed by atoms with Gasteiger partial charge in [-0.2, -0.15) is 4.98 Å². The molecule has 1 aliphatic rings. The zero-order valence-corrected chi connectivity index (χ0v) is 19.0. The highest BCUT2D eigenvalue weighted by molar-refractivity contribution is 7.91. The number of nitrogens with zero attached hydrogens (tertiary/aromatic N) is 2. The van der Waals surface area contributed by atoms with E-state index in [0.717, 1.165) is 37.1 Å². The highest BCUT2D eigenvalue weighted by Crippen LogP contribution is 2.36. The molecule has 31 heavy (non-hydrogen) atoms. The lowest BCUT2D eigenvalue weighted by molar-refractivity contribution is 0.340. The fourth-order valence-electron chi connectivity index (χ4n) is 3.78. The van der Waals surface area contributed by atoms with Gasteiger partial charge in [0, 0.05) is 18.7 Å². The van der Waals surface area contributed by atoms with Gasteiger partial charge in [-0.1, -0.05) is 24.6 Å². The van der Waals surface area contributed by atoms with Crippen LogP contribution in [0, 0.1) is 12.8 Å². The molecule has 0 amide bonds. The SMILES string of the molecule is CCOc1ccc(S(=O)(=O)c2nc(-c3cccc(C)c3)oc2N2CCC(C)CC2)cc1. The molecular weight excluding hydrogens is 412 g/mol. The molecule has 1 fully saturated rings. The molecule has 0 atom stereocenters. The number of hydrogen-bond acceptors (Lipinski definition) is 6. The van der Waals surface area contributed by atoms with Crippen molar-refractivity contribution >= 4 is 15.7 Å². The highest BCUT2D eigenvalue weighted by Gasteiger charge is 2.32. The largest absolute Gasteiger partial charge is 0.494 e. The van der Waals surface area contributed by atoms with Gasteiger partial charge in [-0.3, -0.25) is 0 Å². The molecular formula is C24H28N2O4S. The number of piperidine rings is 1. The Kier molecular flexibility index (Phi) is 6.05. The van der Waals surface area contributed by atoms with Crippen LogP contribution < -0.4 is 9.64 Å². The zero-order valence-electron chi connectivity index (χ0n) is 18.2. The smallest absolute Gasteiger partial charge is 0.236 e. The van der Waals surface area contributed by atoms with E-state index in [0.29, 0.717) is 30.0 Å². The predicted octanol–water partition coefficient (Wildman–Crippen LogP) is 5.12. The molecule has 6 nitrogen and oxygen atoms in total. The average Bonchev–Trinajstić information content (AvgIpc) is 3.21. The van der Waals surface area contributed by atoms with Crippen LogP contribution in [-0.4, -0.2) is 33.1 Å². The number of hydrogen-bond donors (Lipinski definition) is 0. The van der Waals surface area contributed by atoms with E-state index in [1.807, 2.05) is 43.0 Å². The fourth-order valence-corrected chi connectivity index (χ4v) is 5.10. The van der Waals surface area contributed by atoms with Crippen LogP contribution in [0.3, 0.4) is 0 Å². The molecule has 0 radical (unpaired) electrons. The molecule has 0 spiro atoms. The molecule has 0 aliphatic carbocycles. The number of aromatic nitrogens is 1. The van der Waals surface area contributed by atoms with E-state index in [1.165, 1.54) is 0 Å². The van der Waals surface area contributed by atoms with Crippen LogP contribution in [0.25, 0.3) is 11.5 Å². The standard InChI is InChI=1S/C24H28N2O4S/c1-4-29-20-8-10-21(11-9-20)31(27,28)23-24(26-14-12-17(2)13-15-26)30-22(25-23)19-7-5-6-18(3)16-19/h5-11,16-17H,4,12-15H2,1-3H3. The molecule has 0 N–H and O–H groups in total. The first-order valence-corrected chi connectivity index (χ1v) is 12.2. The highest BCUT2D eigenvalue weighted by atomic mass is 32.2. The monoisotopic (exact) mass is 440 g/mol. The lowest BCUT2D eigenvalue weighted by atomic mass is 9.99. The Morgan fingerprint density at radius 1 is 1.13 bits per heavy atom. The number of rotatable bonds is 6. The summed E-state index contributed by atoms with van der Waals surface area (Å²) in [5.41, 5.74) is 1.82. The Hall–Kier alpha value is -2.80.